The van der Waals surface area contributed by atoms with Gasteiger partial charge in [0.1, 0.15) is 0 Å². The number of hydrogen-bond acceptors (Lipinski definition) is 5. The number of aromatic nitrogens is 3. The highest BCUT2D eigenvalue weighted by atomic mass is 15.3. The van der Waals surface area contributed by atoms with Gasteiger partial charge in [0.25, 0.3) is 0 Å². The standard InChI is InChI=1S/C14H25N5/c1-4-12-13(5-2)17-18-14(16-12)19-9-7-6-8-11(19)10-15-3/h11,15H,4-10H2,1-3H3. The third-order valence-corrected chi connectivity index (χ3v) is 3.82. The average molecular weight is 263 g/mol. The molecule has 0 spiro atoms. The first-order valence-electron chi connectivity index (χ1n) is 7.43. The lowest BCUT2D eigenvalue weighted by Gasteiger charge is -2.35. The Labute approximate surface area is 115 Å². The third kappa shape index (κ3) is 3.21. The van der Waals surface area contributed by atoms with Crippen LogP contribution in [-0.4, -0.2) is 41.4 Å². The number of anilines is 1. The van der Waals surface area contributed by atoms with E-state index in [0.29, 0.717) is 6.04 Å². The fourth-order valence-electron chi connectivity index (χ4n) is 2.76. The van der Waals surface area contributed by atoms with Crippen LogP contribution in [0, 0.1) is 0 Å². The number of nitrogens with one attached hydrogen (secondary N) is 1. The van der Waals surface area contributed by atoms with Crippen molar-refractivity contribution in [2.45, 2.75) is 52.0 Å². The van der Waals surface area contributed by atoms with Crippen LogP contribution < -0.4 is 10.2 Å². The minimum absolute atomic E-state index is 0.498. The Morgan fingerprint density at radius 3 is 2.63 bits per heavy atom. The minimum atomic E-state index is 0.498. The molecule has 1 aromatic heterocycles. The van der Waals surface area contributed by atoms with Gasteiger partial charge in [-0.2, -0.15) is 5.10 Å². The van der Waals surface area contributed by atoms with Gasteiger partial charge >= 0.3 is 0 Å². The van der Waals surface area contributed by atoms with Crippen molar-refractivity contribution in [1.82, 2.24) is 20.5 Å². The monoisotopic (exact) mass is 263 g/mol. The number of likely N-dealkylation sites (N-methyl/N-ethyl adjacent to an activating group) is 1. The average Bonchev–Trinajstić information content (AvgIpc) is 2.47. The first-order chi connectivity index (χ1) is 9.30. The molecule has 1 aromatic rings. The molecule has 5 nitrogen and oxygen atoms in total. The van der Waals surface area contributed by atoms with Gasteiger partial charge in [-0.1, -0.05) is 13.8 Å². The molecule has 1 aliphatic heterocycles. The second-order valence-electron chi connectivity index (χ2n) is 5.11. The molecule has 0 amide bonds. The van der Waals surface area contributed by atoms with E-state index >= 15 is 0 Å². The van der Waals surface area contributed by atoms with Crippen LogP contribution in [0.3, 0.4) is 0 Å². The third-order valence-electron chi connectivity index (χ3n) is 3.82. The van der Waals surface area contributed by atoms with E-state index in [4.69, 9.17) is 4.98 Å². The molecule has 1 unspecified atom stereocenters. The predicted octanol–water partition coefficient (Wildman–Crippen LogP) is 1.57. The van der Waals surface area contributed by atoms with Gasteiger partial charge in [-0.05, 0) is 39.2 Å². The van der Waals surface area contributed by atoms with Crippen molar-refractivity contribution in [1.29, 1.82) is 0 Å². The molecular formula is C14H25N5. The zero-order valence-corrected chi connectivity index (χ0v) is 12.3. The molecular weight excluding hydrogens is 238 g/mol. The van der Waals surface area contributed by atoms with Gasteiger partial charge in [0, 0.05) is 19.1 Å². The summed E-state index contributed by atoms with van der Waals surface area (Å²) < 4.78 is 0. The van der Waals surface area contributed by atoms with Crippen LogP contribution in [0.1, 0.15) is 44.5 Å². The molecule has 2 rings (SSSR count). The van der Waals surface area contributed by atoms with E-state index in [9.17, 15) is 0 Å². The molecule has 19 heavy (non-hydrogen) atoms. The van der Waals surface area contributed by atoms with E-state index in [1.807, 2.05) is 7.05 Å². The summed E-state index contributed by atoms with van der Waals surface area (Å²) in [6.45, 7) is 6.27. The summed E-state index contributed by atoms with van der Waals surface area (Å²) in [7, 11) is 2.00. The van der Waals surface area contributed by atoms with E-state index < -0.39 is 0 Å². The lowest BCUT2D eigenvalue weighted by Crippen LogP contribution is -2.46. The molecule has 1 atom stereocenters. The largest absolute Gasteiger partial charge is 0.335 e. The summed E-state index contributed by atoms with van der Waals surface area (Å²) in [6, 6.07) is 0.498. The SMILES string of the molecule is CCc1nnc(N2CCCCC2CNC)nc1CC. The molecule has 0 aromatic carbocycles. The maximum Gasteiger partial charge on any atom is 0.245 e. The van der Waals surface area contributed by atoms with E-state index in [1.165, 1.54) is 19.3 Å². The maximum atomic E-state index is 4.74. The molecule has 0 saturated carbocycles. The summed E-state index contributed by atoms with van der Waals surface area (Å²) in [5.41, 5.74) is 2.13. The van der Waals surface area contributed by atoms with E-state index in [2.05, 4.69) is 34.3 Å². The van der Waals surface area contributed by atoms with Gasteiger partial charge in [-0.25, -0.2) is 4.98 Å². The number of piperidine rings is 1. The van der Waals surface area contributed by atoms with Gasteiger partial charge in [0.15, 0.2) is 0 Å². The molecule has 1 fully saturated rings. The Morgan fingerprint density at radius 1 is 1.16 bits per heavy atom. The molecule has 1 aliphatic rings. The van der Waals surface area contributed by atoms with Crippen LogP contribution in [0.25, 0.3) is 0 Å². The number of rotatable bonds is 5. The normalized spacial score (nSPS) is 19.7. The first kappa shape index (κ1) is 14.2. The molecule has 0 radical (unpaired) electrons. The molecule has 0 aliphatic carbocycles. The van der Waals surface area contributed by atoms with Crippen molar-refractivity contribution in [3.8, 4) is 0 Å². The Kier molecular flexibility index (Phi) is 5.07. The summed E-state index contributed by atoms with van der Waals surface area (Å²) in [5, 5.41) is 12.0. The first-order valence-corrected chi connectivity index (χ1v) is 7.43. The zero-order chi connectivity index (χ0) is 13.7. The van der Waals surface area contributed by atoms with Crippen LogP contribution in [0.5, 0.6) is 0 Å². The fraction of sp³-hybridized carbons (Fsp3) is 0.786. The lowest BCUT2D eigenvalue weighted by atomic mass is 10.0. The topological polar surface area (TPSA) is 53.9 Å². The van der Waals surface area contributed by atoms with Crippen LogP contribution in [0.15, 0.2) is 0 Å². The van der Waals surface area contributed by atoms with Crippen molar-refractivity contribution < 1.29 is 0 Å². The fourth-order valence-corrected chi connectivity index (χ4v) is 2.76. The van der Waals surface area contributed by atoms with Crippen LogP contribution >= 0.6 is 0 Å². The highest BCUT2D eigenvalue weighted by Crippen LogP contribution is 2.21. The second-order valence-corrected chi connectivity index (χ2v) is 5.11. The van der Waals surface area contributed by atoms with Crippen molar-refractivity contribution in [3.63, 3.8) is 0 Å². The van der Waals surface area contributed by atoms with Crippen molar-refractivity contribution in [2.75, 3.05) is 25.0 Å². The molecule has 2 heterocycles. The zero-order valence-electron chi connectivity index (χ0n) is 12.3. The van der Waals surface area contributed by atoms with Crippen molar-refractivity contribution >= 4 is 5.95 Å². The molecule has 106 valence electrons. The number of hydrogen-bond donors (Lipinski definition) is 1. The van der Waals surface area contributed by atoms with Crippen LogP contribution in [-0.2, 0) is 12.8 Å². The van der Waals surface area contributed by atoms with Gasteiger partial charge < -0.3 is 10.2 Å². The van der Waals surface area contributed by atoms with Crippen LogP contribution in [0.4, 0.5) is 5.95 Å². The van der Waals surface area contributed by atoms with Gasteiger partial charge in [-0.15, -0.1) is 5.10 Å². The van der Waals surface area contributed by atoms with E-state index in [-0.39, 0.29) is 0 Å². The quantitative estimate of drug-likeness (QED) is 0.874. The highest BCUT2D eigenvalue weighted by Gasteiger charge is 2.24. The van der Waals surface area contributed by atoms with Crippen molar-refractivity contribution in [3.05, 3.63) is 11.4 Å². The molecule has 0 bridgehead atoms. The number of aryl methyl sites for hydroxylation is 2. The number of nitrogens with zero attached hydrogens (tertiary/aromatic N) is 4. The summed E-state index contributed by atoms with van der Waals surface area (Å²) in [5.74, 6) is 0.814. The maximum absolute atomic E-state index is 4.74. The Hall–Kier alpha value is -1.23. The van der Waals surface area contributed by atoms with Gasteiger partial charge in [0.05, 0.1) is 11.4 Å². The Morgan fingerprint density at radius 2 is 1.95 bits per heavy atom. The second kappa shape index (κ2) is 6.80. The van der Waals surface area contributed by atoms with Gasteiger partial charge in [0.2, 0.25) is 5.95 Å². The minimum Gasteiger partial charge on any atom is -0.335 e. The predicted molar refractivity (Wildman–Crippen MR) is 77.5 cm³/mol. The van der Waals surface area contributed by atoms with Crippen molar-refractivity contribution in [2.24, 2.45) is 0 Å². The van der Waals surface area contributed by atoms with Crippen LogP contribution in [0.2, 0.25) is 0 Å². The summed E-state index contributed by atoms with van der Waals surface area (Å²) >= 11 is 0. The Bertz CT molecular complexity index is 405. The highest BCUT2D eigenvalue weighted by molar-refractivity contribution is 5.33. The smallest absolute Gasteiger partial charge is 0.245 e. The summed E-state index contributed by atoms with van der Waals surface area (Å²) in [4.78, 5) is 7.07. The molecule has 1 N–H and O–H groups in total. The van der Waals surface area contributed by atoms with Gasteiger partial charge in [-0.3, -0.25) is 0 Å². The molecule has 1 saturated heterocycles. The summed E-state index contributed by atoms with van der Waals surface area (Å²) in [6.07, 6.45) is 5.56. The van der Waals surface area contributed by atoms with E-state index in [1.54, 1.807) is 0 Å². The lowest BCUT2D eigenvalue weighted by molar-refractivity contribution is 0.437. The Balaban J connectivity index is 2.23. The molecule has 5 heteroatoms. The van der Waals surface area contributed by atoms with E-state index in [0.717, 1.165) is 43.3 Å².